The number of aliphatic hydroxyl groups is 2. The first kappa shape index (κ1) is 24.2. The molecule has 0 aromatic heterocycles. The lowest BCUT2D eigenvalue weighted by Gasteiger charge is -2.29. The van der Waals surface area contributed by atoms with Gasteiger partial charge in [0.2, 0.25) is 0 Å². The summed E-state index contributed by atoms with van der Waals surface area (Å²) in [5, 5.41) is 29.5. The maximum absolute atomic E-state index is 10.6. The van der Waals surface area contributed by atoms with Crippen molar-refractivity contribution >= 4 is 17.6 Å². The zero-order chi connectivity index (χ0) is 20.4. The van der Waals surface area contributed by atoms with Crippen LogP contribution in [-0.2, 0) is 4.79 Å². The van der Waals surface area contributed by atoms with Crippen LogP contribution in [0.25, 0.3) is 0 Å². The number of allylic oxidation sites excluding steroid dienone is 2. The average Bonchev–Trinajstić information content (AvgIpc) is 2.86. The van der Waals surface area contributed by atoms with Gasteiger partial charge in [0, 0.05) is 17.7 Å². The third kappa shape index (κ3) is 8.37. The van der Waals surface area contributed by atoms with Gasteiger partial charge in [0.05, 0.1) is 12.2 Å². The van der Waals surface area contributed by atoms with Gasteiger partial charge in [-0.25, -0.2) is 0 Å². The summed E-state index contributed by atoms with van der Waals surface area (Å²) in [4.78, 5) is 10.5. The number of alkyl halides is 1. The van der Waals surface area contributed by atoms with Gasteiger partial charge >= 0.3 is 5.97 Å². The van der Waals surface area contributed by atoms with Crippen molar-refractivity contribution in [2.45, 2.75) is 89.7 Å². The predicted octanol–water partition coefficient (Wildman–Crippen LogP) is 4.93. The van der Waals surface area contributed by atoms with Crippen molar-refractivity contribution in [2.75, 3.05) is 0 Å². The third-order valence-electron chi connectivity index (χ3n) is 5.70. The van der Waals surface area contributed by atoms with Crippen molar-refractivity contribution in [3.05, 3.63) is 24.3 Å². The van der Waals surface area contributed by atoms with Gasteiger partial charge in [-0.1, -0.05) is 57.9 Å². The van der Waals surface area contributed by atoms with Crippen LogP contribution in [0.15, 0.2) is 24.3 Å². The van der Waals surface area contributed by atoms with Gasteiger partial charge in [-0.15, -0.1) is 11.6 Å². The van der Waals surface area contributed by atoms with Crippen LogP contribution in [-0.4, -0.2) is 38.9 Å². The molecule has 5 atom stereocenters. The van der Waals surface area contributed by atoms with E-state index < -0.39 is 18.2 Å². The second kappa shape index (κ2) is 11.9. The zero-order valence-corrected chi connectivity index (χ0v) is 17.7. The van der Waals surface area contributed by atoms with Gasteiger partial charge in [0.25, 0.3) is 0 Å². The summed E-state index contributed by atoms with van der Waals surface area (Å²) in [7, 11) is 0. The first-order valence-corrected chi connectivity index (χ1v) is 10.7. The van der Waals surface area contributed by atoms with E-state index in [1.54, 1.807) is 0 Å². The molecule has 1 aliphatic rings. The van der Waals surface area contributed by atoms with Crippen LogP contribution in [0, 0.1) is 17.3 Å². The molecule has 3 N–H and O–H groups in total. The van der Waals surface area contributed by atoms with E-state index in [4.69, 9.17) is 16.7 Å². The van der Waals surface area contributed by atoms with Gasteiger partial charge in [-0.05, 0) is 43.4 Å². The summed E-state index contributed by atoms with van der Waals surface area (Å²) in [6.45, 7) is 6.29. The first-order chi connectivity index (χ1) is 12.7. The molecule has 0 saturated heterocycles. The summed E-state index contributed by atoms with van der Waals surface area (Å²) < 4.78 is 0. The highest BCUT2D eigenvalue weighted by molar-refractivity contribution is 6.21. The Bertz CT molecular complexity index is 501. The Morgan fingerprint density at radius 1 is 1.30 bits per heavy atom. The van der Waals surface area contributed by atoms with Crippen LogP contribution in [0.5, 0.6) is 0 Å². The Kier molecular flexibility index (Phi) is 10.6. The van der Waals surface area contributed by atoms with Crippen molar-refractivity contribution in [3.8, 4) is 0 Å². The number of aliphatic hydroxyl groups excluding tert-OH is 2. The molecule has 0 aromatic carbocycles. The second-order valence-electron chi connectivity index (χ2n) is 8.48. The maximum atomic E-state index is 10.6. The van der Waals surface area contributed by atoms with E-state index in [1.807, 2.05) is 24.3 Å². The molecule has 0 aromatic rings. The van der Waals surface area contributed by atoms with Crippen molar-refractivity contribution in [3.63, 3.8) is 0 Å². The monoisotopic (exact) mass is 400 g/mol. The van der Waals surface area contributed by atoms with Crippen LogP contribution in [0.4, 0.5) is 0 Å². The van der Waals surface area contributed by atoms with E-state index in [-0.39, 0.29) is 29.0 Å². The number of carbonyl (C=O) groups is 1. The summed E-state index contributed by atoms with van der Waals surface area (Å²) >= 11 is 6.46. The van der Waals surface area contributed by atoms with E-state index in [0.29, 0.717) is 12.8 Å². The minimum absolute atomic E-state index is 0.0622. The maximum Gasteiger partial charge on any atom is 0.303 e. The lowest BCUT2D eigenvalue weighted by atomic mass is 9.80. The minimum Gasteiger partial charge on any atom is -0.481 e. The predicted molar refractivity (Wildman–Crippen MR) is 111 cm³/mol. The fraction of sp³-hybridized carbons (Fsp3) is 0.773. The molecule has 156 valence electrons. The van der Waals surface area contributed by atoms with E-state index >= 15 is 0 Å². The summed E-state index contributed by atoms with van der Waals surface area (Å²) in [6, 6.07) is 0. The second-order valence-corrected chi connectivity index (χ2v) is 9.04. The molecule has 0 bridgehead atoms. The van der Waals surface area contributed by atoms with E-state index in [1.165, 1.54) is 0 Å². The van der Waals surface area contributed by atoms with Crippen LogP contribution < -0.4 is 0 Å². The number of carboxylic acids is 1. The molecule has 1 rings (SSSR count). The SMILES string of the molecule is CCCCC(C)(C)[C@H](O)/C=C/[C@@H]1[C@@H](C/C=C/CCCC(=O)O)[C@H](Cl)C[C@H]1O. The van der Waals surface area contributed by atoms with Crippen LogP contribution in [0.1, 0.15) is 72.1 Å². The first-order valence-electron chi connectivity index (χ1n) is 10.2. The number of rotatable bonds is 12. The molecular formula is C22H37ClO4. The number of unbranched alkanes of at least 4 members (excludes halogenated alkanes) is 2. The van der Waals surface area contributed by atoms with Crippen LogP contribution in [0.2, 0.25) is 0 Å². The molecule has 0 amide bonds. The molecule has 0 radical (unpaired) electrons. The molecule has 0 aliphatic heterocycles. The Balaban J connectivity index is 2.62. The molecule has 27 heavy (non-hydrogen) atoms. The molecule has 1 saturated carbocycles. The highest BCUT2D eigenvalue weighted by atomic mass is 35.5. The summed E-state index contributed by atoms with van der Waals surface area (Å²) in [5.74, 6) is -0.707. The highest BCUT2D eigenvalue weighted by Gasteiger charge is 2.39. The minimum atomic E-state index is -0.770. The Morgan fingerprint density at radius 2 is 2.00 bits per heavy atom. The van der Waals surface area contributed by atoms with Crippen molar-refractivity contribution < 1.29 is 20.1 Å². The van der Waals surface area contributed by atoms with Gasteiger partial charge in [-0.2, -0.15) is 0 Å². The number of halogens is 1. The van der Waals surface area contributed by atoms with Gasteiger partial charge < -0.3 is 15.3 Å². The standard InChI is InChI=1S/C22H37ClO4/c1-4-5-14-22(2,3)20(25)13-12-17-16(18(23)15-19(17)24)10-8-6-7-9-11-21(26)27/h6,8,12-13,16-20,24-25H,4-5,7,9-11,14-15H2,1-3H3,(H,26,27)/b8-6+,13-12+/t16-,17-,18-,19-,20-/m1/s1. The fourth-order valence-corrected chi connectivity index (χ4v) is 4.13. The number of hydrogen-bond acceptors (Lipinski definition) is 3. The molecule has 0 spiro atoms. The number of aliphatic carboxylic acids is 1. The van der Waals surface area contributed by atoms with Gasteiger partial charge in [-0.3, -0.25) is 4.79 Å². The fourth-order valence-electron chi connectivity index (χ4n) is 3.68. The van der Waals surface area contributed by atoms with E-state index in [9.17, 15) is 15.0 Å². The molecule has 1 fully saturated rings. The van der Waals surface area contributed by atoms with Crippen molar-refractivity contribution in [1.82, 2.24) is 0 Å². The van der Waals surface area contributed by atoms with Crippen molar-refractivity contribution in [2.24, 2.45) is 17.3 Å². The Morgan fingerprint density at radius 3 is 2.63 bits per heavy atom. The lowest BCUT2D eigenvalue weighted by Crippen LogP contribution is -2.28. The number of carboxylic acid groups (broad SMARTS) is 1. The Labute approximate surface area is 169 Å². The summed E-state index contributed by atoms with van der Waals surface area (Å²) in [5.41, 5.74) is -0.185. The number of hydrogen-bond donors (Lipinski definition) is 3. The normalized spacial score (nSPS) is 27.6. The van der Waals surface area contributed by atoms with E-state index in [0.717, 1.165) is 32.1 Å². The molecule has 0 heterocycles. The van der Waals surface area contributed by atoms with Crippen LogP contribution in [0.3, 0.4) is 0 Å². The van der Waals surface area contributed by atoms with Crippen molar-refractivity contribution in [1.29, 1.82) is 0 Å². The molecule has 1 aliphatic carbocycles. The molecule has 4 nitrogen and oxygen atoms in total. The quantitative estimate of drug-likeness (QED) is 0.246. The topological polar surface area (TPSA) is 77.8 Å². The third-order valence-corrected chi connectivity index (χ3v) is 6.20. The van der Waals surface area contributed by atoms with E-state index in [2.05, 4.69) is 20.8 Å². The zero-order valence-electron chi connectivity index (χ0n) is 17.0. The average molecular weight is 401 g/mol. The molecule has 0 unspecified atom stereocenters. The van der Waals surface area contributed by atoms with Crippen LogP contribution >= 0.6 is 11.6 Å². The molecule has 5 heteroatoms. The highest BCUT2D eigenvalue weighted by Crippen LogP contribution is 2.40. The molecular weight excluding hydrogens is 364 g/mol. The van der Waals surface area contributed by atoms with Gasteiger partial charge in [0.1, 0.15) is 0 Å². The van der Waals surface area contributed by atoms with Gasteiger partial charge in [0.15, 0.2) is 0 Å². The smallest absolute Gasteiger partial charge is 0.303 e. The lowest BCUT2D eigenvalue weighted by molar-refractivity contribution is -0.137. The summed E-state index contributed by atoms with van der Waals surface area (Å²) in [6.07, 6.45) is 12.8. The largest absolute Gasteiger partial charge is 0.481 e. The Hall–Kier alpha value is -0.840.